The largest absolute Gasteiger partial charge is 0.338 e. The molecule has 0 unspecified atom stereocenters. The molecule has 1 aliphatic heterocycles. The summed E-state index contributed by atoms with van der Waals surface area (Å²) in [6.07, 6.45) is 0. The van der Waals surface area contributed by atoms with Gasteiger partial charge in [-0.3, -0.25) is 0 Å². The van der Waals surface area contributed by atoms with Crippen LogP contribution >= 0.6 is 0 Å². The fourth-order valence-electron chi connectivity index (χ4n) is 3.59. The van der Waals surface area contributed by atoms with E-state index in [4.69, 9.17) is 4.98 Å². The number of nitrogens with one attached hydrogen (secondary N) is 3. The quantitative estimate of drug-likeness (QED) is 0.471. The molecule has 0 bridgehead atoms. The summed E-state index contributed by atoms with van der Waals surface area (Å²) in [5.41, 5.74) is 1.90. The molecule has 3 N–H and O–H groups in total. The third-order valence-electron chi connectivity index (χ3n) is 5.09. The first-order valence-corrected chi connectivity index (χ1v) is 10.1. The molecule has 4 aromatic rings. The van der Waals surface area contributed by atoms with Crippen molar-refractivity contribution in [3.63, 3.8) is 0 Å². The molecule has 1 fully saturated rings. The summed E-state index contributed by atoms with van der Waals surface area (Å²) >= 11 is 0. The van der Waals surface area contributed by atoms with Gasteiger partial charge in [0, 0.05) is 42.9 Å². The third-order valence-corrected chi connectivity index (χ3v) is 5.09. The van der Waals surface area contributed by atoms with Crippen molar-refractivity contribution in [2.75, 3.05) is 41.7 Å². The van der Waals surface area contributed by atoms with Crippen LogP contribution in [0.3, 0.4) is 0 Å². The minimum absolute atomic E-state index is 0.521. The van der Waals surface area contributed by atoms with Crippen LogP contribution in [0.1, 0.15) is 0 Å². The van der Waals surface area contributed by atoms with E-state index in [1.165, 1.54) is 5.39 Å². The van der Waals surface area contributed by atoms with E-state index in [1.807, 2.05) is 54.6 Å². The molecule has 1 aliphatic rings. The Morgan fingerprint density at radius 2 is 1.40 bits per heavy atom. The van der Waals surface area contributed by atoms with Crippen molar-refractivity contribution >= 4 is 40.0 Å². The molecule has 30 heavy (non-hydrogen) atoms. The van der Waals surface area contributed by atoms with Gasteiger partial charge in [0.2, 0.25) is 17.8 Å². The Labute approximate surface area is 175 Å². The van der Waals surface area contributed by atoms with Crippen LogP contribution in [0.4, 0.5) is 29.2 Å². The number of aromatic nitrogens is 3. The summed E-state index contributed by atoms with van der Waals surface area (Å²) in [7, 11) is 0. The summed E-state index contributed by atoms with van der Waals surface area (Å²) in [5, 5.41) is 12.4. The average molecular weight is 397 g/mol. The zero-order valence-corrected chi connectivity index (χ0v) is 16.5. The van der Waals surface area contributed by atoms with Gasteiger partial charge < -0.3 is 20.9 Å². The maximum Gasteiger partial charge on any atom is 0.233 e. The number of anilines is 5. The molecule has 1 aromatic heterocycles. The van der Waals surface area contributed by atoms with Gasteiger partial charge in [0.25, 0.3) is 0 Å². The molecule has 2 heterocycles. The Kier molecular flexibility index (Phi) is 5.10. The number of piperazine rings is 1. The smallest absolute Gasteiger partial charge is 0.233 e. The molecule has 150 valence electrons. The van der Waals surface area contributed by atoms with Crippen LogP contribution in [0.15, 0.2) is 72.8 Å². The number of hydrogen-bond acceptors (Lipinski definition) is 7. The summed E-state index contributed by atoms with van der Waals surface area (Å²) in [6.45, 7) is 3.56. The molecular weight excluding hydrogens is 374 g/mol. The minimum Gasteiger partial charge on any atom is -0.338 e. The molecule has 3 aromatic carbocycles. The third kappa shape index (κ3) is 4.01. The van der Waals surface area contributed by atoms with Gasteiger partial charge in [-0.25, -0.2) is 0 Å². The Hall–Kier alpha value is -3.71. The van der Waals surface area contributed by atoms with Crippen molar-refractivity contribution in [2.24, 2.45) is 0 Å². The van der Waals surface area contributed by atoms with Gasteiger partial charge in [-0.05, 0) is 23.6 Å². The number of hydrogen-bond donors (Lipinski definition) is 3. The first-order valence-electron chi connectivity index (χ1n) is 10.1. The van der Waals surface area contributed by atoms with Crippen LogP contribution in [0, 0.1) is 0 Å². The average Bonchev–Trinajstić information content (AvgIpc) is 2.80. The highest BCUT2D eigenvalue weighted by Gasteiger charge is 2.16. The standard InChI is InChI=1S/C23H23N7/c1-2-9-18(10-3-1)25-21-27-22(29-23(28-21)30-15-13-24-14-16-30)26-20-12-6-8-17-7-4-5-11-19(17)20/h1-12,24H,13-16H2,(H2,25,26,27,28,29). The monoisotopic (exact) mass is 397 g/mol. The molecule has 7 heteroatoms. The Bertz CT molecular complexity index is 1140. The van der Waals surface area contributed by atoms with Gasteiger partial charge in [0.1, 0.15) is 0 Å². The van der Waals surface area contributed by atoms with Crippen LogP contribution in [-0.2, 0) is 0 Å². The van der Waals surface area contributed by atoms with Gasteiger partial charge >= 0.3 is 0 Å². The van der Waals surface area contributed by atoms with Gasteiger partial charge in [0.05, 0.1) is 0 Å². The summed E-state index contributed by atoms with van der Waals surface area (Å²) < 4.78 is 0. The minimum atomic E-state index is 0.521. The second kappa shape index (κ2) is 8.34. The summed E-state index contributed by atoms with van der Waals surface area (Å²) in [5.74, 6) is 1.72. The molecular formula is C23H23N7. The molecule has 0 spiro atoms. The van der Waals surface area contributed by atoms with Crippen molar-refractivity contribution in [3.8, 4) is 0 Å². The van der Waals surface area contributed by atoms with E-state index in [1.54, 1.807) is 0 Å². The van der Waals surface area contributed by atoms with Crippen LogP contribution < -0.4 is 20.9 Å². The van der Waals surface area contributed by atoms with Gasteiger partial charge in [0.15, 0.2) is 0 Å². The van der Waals surface area contributed by atoms with E-state index in [9.17, 15) is 0 Å². The molecule has 0 atom stereocenters. The second-order valence-corrected chi connectivity index (χ2v) is 7.16. The number of benzene rings is 3. The lowest BCUT2D eigenvalue weighted by Crippen LogP contribution is -2.44. The first kappa shape index (κ1) is 18.3. The van der Waals surface area contributed by atoms with Crippen molar-refractivity contribution in [2.45, 2.75) is 0 Å². The molecule has 0 saturated carbocycles. The highest BCUT2D eigenvalue weighted by molar-refractivity contribution is 5.94. The number of para-hydroxylation sites is 1. The van der Waals surface area contributed by atoms with Crippen LogP contribution in [0.5, 0.6) is 0 Å². The van der Waals surface area contributed by atoms with Gasteiger partial charge in [-0.2, -0.15) is 15.0 Å². The van der Waals surface area contributed by atoms with Crippen LogP contribution in [0.2, 0.25) is 0 Å². The van der Waals surface area contributed by atoms with Crippen molar-refractivity contribution in [1.82, 2.24) is 20.3 Å². The number of nitrogens with zero attached hydrogens (tertiary/aromatic N) is 4. The zero-order chi connectivity index (χ0) is 20.2. The van der Waals surface area contributed by atoms with Crippen LogP contribution in [-0.4, -0.2) is 41.1 Å². The molecule has 0 radical (unpaired) electrons. The highest BCUT2D eigenvalue weighted by Crippen LogP contribution is 2.26. The van der Waals surface area contributed by atoms with Crippen LogP contribution in [0.25, 0.3) is 10.8 Å². The van der Waals surface area contributed by atoms with E-state index in [-0.39, 0.29) is 0 Å². The van der Waals surface area contributed by atoms with Crippen molar-refractivity contribution in [3.05, 3.63) is 72.8 Å². The molecule has 0 amide bonds. The molecule has 1 saturated heterocycles. The van der Waals surface area contributed by atoms with E-state index in [2.05, 4.69) is 49.0 Å². The SMILES string of the molecule is c1ccc(Nc2nc(Nc3cccc4ccccc34)nc(N3CCNCC3)n2)cc1. The lowest BCUT2D eigenvalue weighted by atomic mass is 10.1. The topological polar surface area (TPSA) is 78.0 Å². The Morgan fingerprint density at radius 3 is 2.23 bits per heavy atom. The zero-order valence-electron chi connectivity index (χ0n) is 16.5. The number of fused-ring (bicyclic) bond motifs is 1. The Morgan fingerprint density at radius 1 is 0.700 bits per heavy atom. The summed E-state index contributed by atoms with van der Waals surface area (Å²) in [6, 6.07) is 24.4. The highest BCUT2D eigenvalue weighted by atomic mass is 15.3. The predicted octanol–water partition coefficient (Wildman–Crippen LogP) is 3.92. The predicted molar refractivity (Wildman–Crippen MR) is 122 cm³/mol. The molecule has 5 rings (SSSR count). The molecule has 7 nitrogen and oxygen atoms in total. The van der Waals surface area contributed by atoms with Gasteiger partial charge in [-0.1, -0.05) is 54.6 Å². The fraction of sp³-hybridized carbons (Fsp3) is 0.174. The maximum absolute atomic E-state index is 4.73. The van der Waals surface area contributed by atoms with E-state index in [0.29, 0.717) is 17.8 Å². The summed E-state index contributed by atoms with van der Waals surface area (Å²) in [4.78, 5) is 16.2. The lowest BCUT2D eigenvalue weighted by Gasteiger charge is -2.27. The first-order chi connectivity index (χ1) is 14.8. The maximum atomic E-state index is 4.73. The van der Waals surface area contributed by atoms with E-state index < -0.39 is 0 Å². The van der Waals surface area contributed by atoms with Crippen molar-refractivity contribution in [1.29, 1.82) is 0 Å². The Balaban J connectivity index is 1.51. The fourth-order valence-corrected chi connectivity index (χ4v) is 3.59. The van der Waals surface area contributed by atoms with Gasteiger partial charge in [-0.15, -0.1) is 0 Å². The number of rotatable bonds is 5. The second-order valence-electron chi connectivity index (χ2n) is 7.16. The lowest BCUT2D eigenvalue weighted by molar-refractivity contribution is 0.579. The molecule has 0 aliphatic carbocycles. The van der Waals surface area contributed by atoms with E-state index >= 15 is 0 Å². The van der Waals surface area contributed by atoms with E-state index in [0.717, 1.165) is 42.9 Å². The van der Waals surface area contributed by atoms with Crippen molar-refractivity contribution < 1.29 is 0 Å². The normalized spacial score (nSPS) is 13.9.